The van der Waals surface area contributed by atoms with Gasteiger partial charge in [-0.2, -0.15) is 0 Å². The molecule has 3 aliphatic heterocycles. The molecule has 0 radical (unpaired) electrons. The van der Waals surface area contributed by atoms with Crippen molar-refractivity contribution in [3.05, 3.63) is 0 Å². The molecule has 6 nitrogen and oxygen atoms in total. The summed E-state index contributed by atoms with van der Waals surface area (Å²) in [5.74, 6) is 1.64. The van der Waals surface area contributed by atoms with Crippen LogP contribution in [0.5, 0.6) is 0 Å². The van der Waals surface area contributed by atoms with Crippen molar-refractivity contribution in [3.8, 4) is 0 Å². The van der Waals surface area contributed by atoms with Crippen molar-refractivity contribution in [2.24, 2.45) is 0 Å². The Morgan fingerprint density at radius 2 is 1.95 bits per heavy atom. The molecule has 0 aromatic rings. The van der Waals surface area contributed by atoms with Gasteiger partial charge in [0.25, 0.3) is 0 Å². The molecule has 0 saturated carbocycles. The number of halogens is 1. The number of thioether (sulfide) groups is 1. The Kier molecular flexibility index (Phi) is 5.54. The lowest BCUT2D eigenvalue weighted by molar-refractivity contribution is -0.153. The van der Waals surface area contributed by atoms with Crippen LogP contribution in [0.1, 0.15) is 0 Å². The van der Waals surface area contributed by atoms with E-state index in [-0.39, 0.29) is 36.8 Å². The van der Waals surface area contributed by atoms with Gasteiger partial charge in [-0.15, -0.1) is 24.2 Å². The van der Waals surface area contributed by atoms with Gasteiger partial charge < -0.3 is 14.5 Å². The van der Waals surface area contributed by atoms with Crippen molar-refractivity contribution in [3.63, 3.8) is 0 Å². The number of hydrogen-bond donors (Lipinski definition) is 0. The van der Waals surface area contributed by atoms with E-state index in [0.717, 1.165) is 38.6 Å². The first kappa shape index (κ1) is 15.9. The third-order valence-corrected chi connectivity index (χ3v) is 4.93. The molecule has 0 bridgehead atoms. The Bertz CT molecular complexity index is 379. The van der Waals surface area contributed by atoms with Gasteiger partial charge in [-0.25, -0.2) is 0 Å². The van der Waals surface area contributed by atoms with Crippen LogP contribution in [0.2, 0.25) is 0 Å². The van der Waals surface area contributed by atoms with Crippen LogP contribution < -0.4 is 0 Å². The van der Waals surface area contributed by atoms with E-state index >= 15 is 0 Å². The van der Waals surface area contributed by atoms with E-state index in [4.69, 9.17) is 4.74 Å². The van der Waals surface area contributed by atoms with Crippen LogP contribution >= 0.6 is 24.2 Å². The summed E-state index contributed by atoms with van der Waals surface area (Å²) >= 11 is 1.67. The molecule has 3 fully saturated rings. The maximum Gasteiger partial charge on any atom is 0.246 e. The van der Waals surface area contributed by atoms with E-state index < -0.39 is 0 Å². The molecular weight excluding hydrogens is 302 g/mol. The van der Waals surface area contributed by atoms with E-state index in [1.807, 2.05) is 0 Å². The van der Waals surface area contributed by atoms with Crippen LogP contribution in [0.4, 0.5) is 0 Å². The SMILES string of the molecule is Cl.O=C1C2CSCN2C(=O)CN1CCN1CCOCC1. The predicted molar refractivity (Wildman–Crippen MR) is 79.0 cm³/mol. The molecule has 3 heterocycles. The summed E-state index contributed by atoms with van der Waals surface area (Å²) in [5, 5.41) is 0. The van der Waals surface area contributed by atoms with Gasteiger partial charge in [0.15, 0.2) is 0 Å². The third-order valence-electron chi connectivity index (χ3n) is 3.92. The molecule has 3 saturated heterocycles. The number of ether oxygens (including phenoxy) is 1. The normalized spacial score (nSPS) is 27.5. The number of amides is 2. The standard InChI is InChI=1S/C12H19N3O3S.ClH/c16-11-7-14(2-1-13-3-5-18-6-4-13)12(17)10-8-19-9-15(10)11;/h10H,1-9H2;1H. The first-order valence-electron chi connectivity index (χ1n) is 6.72. The van der Waals surface area contributed by atoms with E-state index in [2.05, 4.69) is 4.90 Å². The largest absolute Gasteiger partial charge is 0.379 e. The highest BCUT2D eigenvalue weighted by Crippen LogP contribution is 2.25. The molecule has 3 rings (SSSR count). The van der Waals surface area contributed by atoms with Crippen molar-refractivity contribution in [2.75, 3.05) is 57.6 Å². The monoisotopic (exact) mass is 321 g/mol. The molecule has 8 heteroatoms. The highest BCUT2D eigenvalue weighted by molar-refractivity contribution is 7.99. The van der Waals surface area contributed by atoms with Gasteiger partial charge >= 0.3 is 0 Å². The molecule has 0 aromatic carbocycles. The van der Waals surface area contributed by atoms with Crippen molar-refractivity contribution in [2.45, 2.75) is 6.04 Å². The average Bonchev–Trinajstić information content (AvgIpc) is 2.92. The number of rotatable bonds is 3. The number of carbonyl (C=O) groups is 2. The second-order valence-corrected chi connectivity index (χ2v) is 6.09. The Hall–Kier alpha value is -0.500. The maximum absolute atomic E-state index is 12.3. The molecule has 1 atom stereocenters. The first-order chi connectivity index (χ1) is 9.25. The minimum absolute atomic E-state index is 0. The van der Waals surface area contributed by atoms with Gasteiger partial charge in [-0.1, -0.05) is 0 Å². The number of carbonyl (C=O) groups excluding carboxylic acids is 2. The minimum Gasteiger partial charge on any atom is -0.379 e. The zero-order valence-electron chi connectivity index (χ0n) is 11.3. The van der Waals surface area contributed by atoms with E-state index in [1.54, 1.807) is 21.6 Å². The second kappa shape index (κ2) is 6.98. The second-order valence-electron chi connectivity index (χ2n) is 5.09. The topological polar surface area (TPSA) is 53.1 Å². The summed E-state index contributed by atoms with van der Waals surface area (Å²) < 4.78 is 5.30. The lowest BCUT2D eigenvalue weighted by Crippen LogP contribution is -2.59. The van der Waals surface area contributed by atoms with E-state index in [9.17, 15) is 9.59 Å². The molecule has 0 aromatic heterocycles. The molecule has 2 amide bonds. The summed E-state index contributed by atoms with van der Waals surface area (Å²) in [4.78, 5) is 30.0. The molecule has 3 aliphatic rings. The van der Waals surface area contributed by atoms with Gasteiger partial charge in [0.2, 0.25) is 11.8 Å². The third kappa shape index (κ3) is 3.21. The fraction of sp³-hybridized carbons (Fsp3) is 0.833. The Morgan fingerprint density at radius 3 is 2.70 bits per heavy atom. The van der Waals surface area contributed by atoms with Crippen LogP contribution in [0, 0.1) is 0 Å². The molecular formula is C12H20ClN3O3S. The smallest absolute Gasteiger partial charge is 0.246 e. The molecule has 0 N–H and O–H groups in total. The average molecular weight is 322 g/mol. The van der Waals surface area contributed by atoms with E-state index in [0.29, 0.717) is 12.4 Å². The lowest BCUT2D eigenvalue weighted by Gasteiger charge is -2.37. The van der Waals surface area contributed by atoms with Crippen LogP contribution in [-0.4, -0.2) is 90.1 Å². The number of morpholine rings is 1. The Morgan fingerprint density at radius 1 is 1.20 bits per heavy atom. The molecule has 114 valence electrons. The highest BCUT2D eigenvalue weighted by atomic mass is 35.5. The summed E-state index contributed by atoms with van der Waals surface area (Å²) in [6.07, 6.45) is 0. The summed E-state index contributed by atoms with van der Waals surface area (Å²) in [6.45, 7) is 5.10. The van der Waals surface area contributed by atoms with Crippen molar-refractivity contribution in [1.82, 2.24) is 14.7 Å². The minimum atomic E-state index is -0.212. The maximum atomic E-state index is 12.3. The van der Waals surface area contributed by atoms with Crippen LogP contribution in [0.15, 0.2) is 0 Å². The summed E-state index contributed by atoms with van der Waals surface area (Å²) in [6, 6.07) is -0.212. The Labute approximate surface area is 129 Å². The van der Waals surface area contributed by atoms with Gasteiger partial charge in [-0.05, 0) is 0 Å². The quantitative estimate of drug-likeness (QED) is 0.700. The number of hydrogen-bond acceptors (Lipinski definition) is 5. The van der Waals surface area contributed by atoms with Crippen molar-refractivity contribution < 1.29 is 14.3 Å². The van der Waals surface area contributed by atoms with Gasteiger partial charge in [0, 0.05) is 31.9 Å². The van der Waals surface area contributed by atoms with Crippen LogP contribution in [0.25, 0.3) is 0 Å². The zero-order valence-corrected chi connectivity index (χ0v) is 13.0. The number of fused-ring (bicyclic) bond motifs is 1. The lowest BCUT2D eigenvalue weighted by atomic mass is 10.2. The fourth-order valence-electron chi connectivity index (χ4n) is 2.71. The van der Waals surface area contributed by atoms with Crippen LogP contribution in [0.3, 0.4) is 0 Å². The number of piperazine rings is 1. The number of nitrogens with zero attached hydrogens (tertiary/aromatic N) is 3. The van der Waals surface area contributed by atoms with Crippen molar-refractivity contribution >= 4 is 36.0 Å². The predicted octanol–water partition coefficient (Wildman–Crippen LogP) is -0.516. The molecule has 0 aliphatic carbocycles. The summed E-state index contributed by atoms with van der Waals surface area (Å²) in [7, 11) is 0. The van der Waals surface area contributed by atoms with E-state index in [1.165, 1.54) is 0 Å². The summed E-state index contributed by atoms with van der Waals surface area (Å²) in [5.41, 5.74) is 0. The molecule has 0 spiro atoms. The zero-order chi connectivity index (χ0) is 13.2. The fourth-order valence-corrected chi connectivity index (χ4v) is 3.88. The first-order valence-corrected chi connectivity index (χ1v) is 7.87. The molecule has 20 heavy (non-hydrogen) atoms. The highest BCUT2D eigenvalue weighted by Gasteiger charge is 2.42. The van der Waals surface area contributed by atoms with Crippen molar-refractivity contribution in [1.29, 1.82) is 0 Å². The van der Waals surface area contributed by atoms with Gasteiger partial charge in [-0.3, -0.25) is 14.5 Å². The van der Waals surface area contributed by atoms with Gasteiger partial charge in [0.05, 0.1) is 25.6 Å². The molecule has 1 unspecified atom stereocenters. The Balaban J connectivity index is 0.00000147. The van der Waals surface area contributed by atoms with Gasteiger partial charge in [0.1, 0.15) is 6.04 Å². The van der Waals surface area contributed by atoms with Crippen LogP contribution in [-0.2, 0) is 14.3 Å².